The van der Waals surface area contributed by atoms with Crippen molar-refractivity contribution in [2.24, 2.45) is 0 Å². The van der Waals surface area contributed by atoms with Crippen molar-refractivity contribution in [1.82, 2.24) is 39.9 Å². The Hall–Kier alpha value is -18.2. The summed E-state index contributed by atoms with van der Waals surface area (Å²) in [5.41, 5.74) is 40.4. The van der Waals surface area contributed by atoms with Crippen LogP contribution in [0.25, 0.3) is 234 Å². The van der Waals surface area contributed by atoms with Crippen LogP contribution in [0.2, 0.25) is 0 Å². The van der Waals surface area contributed by atoms with Gasteiger partial charge < -0.3 is 0 Å². The van der Waals surface area contributed by atoms with Crippen molar-refractivity contribution >= 4 is 43.1 Å². The molecule has 1 aliphatic rings. The summed E-state index contributed by atoms with van der Waals surface area (Å²) in [4.78, 5) is 40.4. The second-order valence-corrected chi connectivity index (χ2v) is 37.6. The number of aryl methyl sites for hydroxylation is 4. The average molecular weight is 1830 g/mol. The number of benzene rings is 19. The molecule has 8 heteroatoms. The Bertz CT molecular complexity index is 8670. The third-order valence-electron chi connectivity index (χ3n) is 27.5. The maximum Gasteiger partial charge on any atom is 0.160 e. The number of aromatic nitrogens is 8. The van der Waals surface area contributed by atoms with Crippen molar-refractivity contribution in [2.75, 3.05) is 0 Å². The van der Waals surface area contributed by atoms with Crippen LogP contribution in [0.4, 0.5) is 0 Å². The average Bonchev–Trinajstić information content (AvgIpc) is 1.56. The second kappa shape index (κ2) is 38.6. The smallest absolute Gasteiger partial charge is 0.160 e. The molecule has 1 aliphatic carbocycles. The Balaban J connectivity index is 0.000000119. The molecule has 0 radical (unpaired) electrons. The molecule has 5 aromatic heterocycles. The summed E-state index contributed by atoms with van der Waals surface area (Å²) in [6.45, 7) is 13.2. The van der Waals surface area contributed by atoms with Gasteiger partial charge in [0.1, 0.15) is 0 Å². The first-order chi connectivity index (χ1) is 70.2. The summed E-state index contributed by atoms with van der Waals surface area (Å²) in [6, 6.07) is 168. The van der Waals surface area contributed by atoms with Crippen LogP contribution >= 0.6 is 0 Å². The van der Waals surface area contributed by atoms with Crippen LogP contribution in [0.5, 0.6) is 0 Å². The first-order valence-corrected chi connectivity index (χ1v) is 48.8. The van der Waals surface area contributed by atoms with Crippen molar-refractivity contribution in [3.63, 3.8) is 0 Å². The van der Waals surface area contributed by atoms with E-state index in [1.807, 2.05) is 110 Å². The monoisotopic (exact) mass is 1830 g/mol. The van der Waals surface area contributed by atoms with Crippen LogP contribution in [0.1, 0.15) is 47.4 Å². The van der Waals surface area contributed by atoms with Gasteiger partial charge in [-0.3, -0.25) is 9.97 Å². The quantitative estimate of drug-likeness (QED) is 0.0882. The SMILES string of the molecule is Cc1cc(C)cc(-c2cc(-c3ccc(-c4nc(-c5ccccc5)cc(-c5ccccc5)n4)cc3)cc(-c3cccc4ccccc34)c2)c1.Cc1ccc(-c2cc(-c3nc(-c4ccccc4)cc(-c4ccccc4)n3)cc(-c3cc4c(c5ccccc35)-c3ccccc3C4(C)C)c2)cn1.Cc1ccnc(-c2cc(-c3nc(-c4ccccc4)cc(-c4ccccc4)n3)cc(-c3c4ccccc4cc4ccccc34)c2)c1. The maximum absolute atomic E-state index is 5.23. The lowest BCUT2D eigenvalue weighted by atomic mass is 9.80. The Morgan fingerprint density at radius 1 is 0.175 bits per heavy atom. The minimum absolute atomic E-state index is 0.135. The molecule has 8 nitrogen and oxygen atoms in total. The first-order valence-electron chi connectivity index (χ1n) is 48.8. The maximum atomic E-state index is 5.23. The van der Waals surface area contributed by atoms with Crippen LogP contribution in [0.15, 0.2) is 486 Å². The van der Waals surface area contributed by atoms with Crippen LogP contribution < -0.4 is 0 Å². The molecule has 0 aliphatic heterocycles. The van der Waals surface area contributed by atoms with Gasteiger partial charge in [-0.2, -0.15) is 0 Å². The number of pyridine rings is 2. The van der Waals surface area contributed by atoms with Crippen LogP contribution in [-0.2, 0) is 5.41 Å². The standard InChI is InChI=1S/C47H35N3.C46H34N2.C42H29N3/c1-30-22-23-33(29-48-30)34-24-35(40-27-42-45(38-19-11-10-18-37(38)40)39-20-12-13-21-41(39)47(42,2)3)26-36(25-34)46-49-43(31-14-6-4-7-15-31)28-44(50-46)32-16-8-5-9-17-32;1-31-24-32(2)26-38(25-31)40-27-39(28-41(29-40)43-19-11-17-34-12-9-10-18-42(34)43)33-20-22-37(23-21-33)46-47-44(35-13-5-3-6-14-35)30-45(48-46)36-15-7-4-8-16-36;1-28-20-21-43-38(22-28)33-24-34(41-36-18-10-8-16-31(36)23-32-17-9-11-19-37(32)41)26-35(25-33)42-44-39(29-12-4-2-5-13-29)27-40(45-42)30-14-6-3-7-15-30/h4-29H,1-3H3;3-30H,1-2H3;2-27H,1H3. The molecule has 0 unspecified atom stereocenters. The molecule has 0 spiro atoms. The summed E-state index contributed by atoms with van der Waals surface area (Å²) in [6.07, 6.45) is 3.85. The number of rotatable bonds is 16. The topological polar surface area (TPSA) is 103 Å². The predicted molar refractivity (Wildman–Crippen MR) is 595 cm³/mol. The minimum atomic E-state index is -0.135. The molecule has 678 valence electrons. The van der Waals surface area contributed by atoms with E-state index in [2.05, 4.69) is 422 Å². The van der Waals surface area contributed by atoms with E-state index in [-0.39, 0.29) is 5.41 Å². The molecule has 19 aromatic carbocycles. The van der Waals surface area contributed by atoms with Crippen molar-refractivity contribution in [3.8, 4) is 191 Å². The zero-order valence-corrected chi connectivity index (χ0v) is 80.3. The lowest BCUT2D eigenvalue weighted by Gasteiger charge is -2.23. The van der Waals surface area contributed by atoms with Crippen molar-refractivity contribution < 1.29 is 0 Å². The van der Waals surface area contributed by atoms with Crippen LogP contribution in [0, 0.1) is 27.7 Å². The van der Waals surface area contributed by atoms with E-state index in [4.69, 9.17) is 34.9 Å². The third-order valence-corrected chi connectivity index (χ3v) is 27.5. The number of hydrogen-bond donors (Lipinski definition) is 0. The fourth-order valence-corrected chi connectivity index (χ4v) is 20.4. The van der Waals surface area contributed by atoms with Gasteiger partial charge >= 0.3 is 0 Å². The van der Waals surface area contributed by atoms with Gasteiger partial charge in [0, 0.05) is 84.7 Å². The highest BCUT2D eigenvalue weighted by molar-refractivity contribution is 6.14. The van der Waals surface area contributed by atoms with Crippen LogP contribution in [-0.4, -0.2) is 39.9 Å². The molecule has 0 N–H and O–H groups in total. The van der Waals surface area contributed by atoms with E-state index < -0.39 is 0 Å². The van der Waals surface area contributed by atoms with E-state index >= 15 is 0 Å². The highest BCUT2D eigenvalue weighted by Crippen LogP contribution is 2.54. The minimum Gasteiger partial charge on any atom is -0.261 e. The van der Waals surface area contributed by atoms with Gasteiger partial charge in [0.05, 0.1) is 39.9 Å². The van der Waals surface area contributed by atoms with E-state index in [1.54, 1.807) is 0 Å². The van der Waals surface area contributed by atoms with Gasteiger partial charge in [-0.15, -0.1) is 0 Å². The van der Waals surface area contributed by atoms with Gasteiger partial charge in [0.15, 0.2) is 17.5 Å². The second-order valence-electron chi connectivity index (χ2n) is 37.6. The summed E-state index contributed by atoms with van der Waals surface area (Å²) in [7, 11) is 0. The summed E-state index contributed by atoms with van der Waals surface area (Å²) >= 11 is 0. The van der Waals surface area contributed by atoms with Gasteiger partial charge in [-0.1, -0.05) is 395 Å². The molecule has 0 amide bonds. The number of fused-ring (bicyclic) bond motifs is 8. The zero-order chi connectivity index (χ0) is 96.4. The molecule has 0 fully saturated rings. The van der Waals surface area contributed by atoms with E-state index in [0.29, 0.717) is 17.5 Å². The Morgan fingerprint density at radius 2 is 0.538 bits per heavy atom. The van der Waals surface area contributed by atoms with Crippen molar-refractivity contribution in [3.05, 3.63) is 519 Å². The van der Waals surface area contributed by atoms with Crippen molar-refractivity contribution in [2.45, 2.75) is 47.0 Å². The summed E-state index contributed by atoms with van der Waals surface area (Å²) in [5, 5.41) is 9.83. The third kappa shape index (κ3) is 18.3. The largest absolute Gasteiger partial charge is 0.261 e. The molecular weight excluding hydrogens is 1730 g/mol. The Morgan fingerprint density at radius 3 is 1.04 bits per heavy atom. The summed E-state index contributed by atoms with van der Waals surface area (Å²) < 4.78 is 0. The Kier molecular flexibility index (Phi) is 24.0. The van der Waals surface area contributed by atoms with Crippen LogP contribution in [0.3, 0.4) is 0 Å². The molecule has 0 saturated carbocycles. The fourth-order valence-electron chi connectivity index (χ4n) is 20.4. The molecule has 0 bridgehead atoms. The lowest BCUT2D eigenvalue weighted by molar-refractivity contribution is 0.661. The highest BCUT2D eigenvalue weighted by atomic mass is 14.9. The Labute approximate surface area is 834 Å². The highest BCUT2D eigenvalue weighted by Gasteiger charge is 2.37. The number of nitrogens with zero attached hydrogens (tertiary/aromatic N) is 8. The molecule has 143 heavy (non-hydrogen) atoms. The van der Waals surface area contributed by atoms with Gasteiger partial charge in [-0.25, -0.2) is 29.9 Å². The lowest BCUT2D eigenvalue weighted by Crippen LogP contribution is -2.15. The van der Waals surface area contributed by atoms with E-state index in [9.17, 15) is 0 Å². The molecule has 0 saturated heterocycles. The molecule has 0 atom stereocenters. The summed E-state index contributed by atoms with van der Waals surface area (Å²) in [5.74, 6) is 2.07. The van der Waals surface area contributed by atoms with Gasteiger partial charge in [-0.05, 0) is 263 Å². The first kappa shape index (κ1) is 88.7. The molecule has 25 rings (SSSR count). The number of hydrogen-bond acceptors (Lipinski definition) is 8. The predicted octanol–water partition coefficient (Wildman–Crippen LogP) is 35.0. The van der Waals surface area contributed by atoms with E-state index in [1.165, 1.54) is 115 Å². The molecule has 5 heterocycles. The molecule has 24 aromatic rings. The normalized spacial score (nSPS) is 11.8. The van der Waals surface area contributed by atoms with E-state index in [0.717, 1.165) is 135 Å². The fraction of sp³-hybridized carbons (Fsp3) is 0.0519. The zero-order valence-electron chi connectivity index (χ0n) is 80.3. The van der Waals surface area contributed by atoms with Crippen molar-refractivity contribution in [1.29, 1.82) is 0 Å². The van der Waals surface area contributed by atoms with Gasteiger partial charge in [0.25, 0.3) is 0 Å². The molecular formula is C135H98N8. The van der Waals surface area contributed by atoms with Gasteiger partial charge in [0.2, 0.25) is 0 Å².